The largest absolute Gasteiger partial charge is 0.476 e. The number of rotatable bonds is 6. The van der Waals surface area contributed by atoms with Gasteiger partial charge < -0.3 is 9.47 Å². The van der Waals surface area contributed by atoms with E-state index in [2.05, 4.69) is 20.9 Å². The van der Waals surface area contributed by atoms with E-state index in [1.165, 1.54) is 11.6 Å². The summed E-state index contributed by atoms with van der Waals surface area (Å²) in [6.45, 7) is 4.14. The van der Waals surface area contributed by atoms with Crippen molar-refractivity contribution in [1.82, 2.24) is 14.9 Å². The number of nitrogens with zero attached hydrogens (tertiary/aromatic N) is 3. The summed E-state index contributed by atoms with van der Waals surface area (Å²) in [5.41, 5.74) is 1.22. The van der Waals surface area contributed by atoms with Gasteiger partial charge in [0.1, 0.15) is 0 Å². The van der Waals surface area contributed by atoms with Crippen molar-refractivity contribution in [3.8, 4) is 5.88 Å². The molecular formula is C20H24FN3O2. The van der Waals surface area contributed by atoms with Gasteiger partial charge in [0.25, 0.3) is 0 Å². The first kappa shape index (κ1) is 17.4. The van der Waals surface area contributed by atoms with Crippen molar-refractivity contribution >= 4 is 0 Å². The molecule has 0 bridgehead atoms. The fourth-order valence-electron chi connectivity index (χ4n) is 4.03. The molecule has 0 saturated carbocycles. The van der Waals surface area contributed by atoms with Gasteiger partial charge >= 0.3 is 0 Å². The Labute approximate surface area is 153 Å². The number of halogens is 1. The average molecular weight is 357 g/mol. The van der Waals surface area contributed by atoms with Crippen molar-refractivity contribution in [2.75, 3.05) is 26.3 Å². The summed E-state index contributed by atoms with van der Waals surface area (Å²) in [4.78, 5) is 10.5. The van der Waals surface area contributed by atoms with Crippen LogP contribution in [0.2, 0.25) is 0 Å². The van der Waals surface area contributed by atoms with Crippen LogP contribution in [0.25, 0.3) is 0 Å². The Morgan fingerprint density at radius 3 is 2.96 bits per heavy atom. The van der Waals surface area contributed by atoms with Gasteiger partial charge in [0.15, 0.2) is 5.82 Å². The van der Waals surface area contributed by atoms with E-state index in [0.29, 0.717) is 12.5 Å². The first-order valence-corrected chi connectivity index (χ1v) is 9.21. The number of aromatic nitrogens is 2. The van der Waals surface area contributed by atoms with Crippen molar-refractivity contribution in [3.05, 3.63) is 54.2 Å². The standard InChI is InChI=1S/C20H24FN3O2/c21-18-4-2-8-23-19(18)25-9-5-16-6-10-26-20(11-16)14-24(15-20)13-17-3-1-7-22-12-17/h1-4,7-8,12,16H,5-6,9-11,13-15H2/t16-/m0/s1. The smallest absolute Gasteiger partial charge is 0.250 e. The maximum atomic E-state index is 13.5. The van der Waals surface area contributed by atoms with E-state index in [9.17, 15) is 4.39 Å². The third-order valence-electron chi connectivity index (χ3n) is 5.24. The second kappa shape index (κ2) is 7.68. The van der Waals surface area contributed by atoms with Crippen LogP contribution in [-0.4, -0.2) is 46.8 Å². The van der Waals surface area contributed by atoms with Crippen LogP contribution in [0.5, 0.6) is 5.88 Å². The molecule has 4 rings (SSSR count). The molecule has 5 nitrogen and oxygen atoms in total. The molecule has 2 aliphatic rings. The summed E-state index contributed by atoms with van der Waals surface area (Å²) < 4.78 is 25.2. The van der Waals surface area contributed by atoms with Crippen LogP contribution in [0.4, 0.5) is 4.39 Å². The highest BCUT2D eigenvalue weighted by atomic mass is 19.1. The zero-order valence-corrected chi connectivity index (χ0v) is 14.8. The fraction of sp³-hybridized carbons (Fsp3) is 0.500. The van der Waals surface area contributed by atoms with Crippen LogP contribution >= 0.6 is 0 Å². The molecular weight excluding hydrogens is 333 g/mol. The van der Waals surface area contributed by atoms with Gasteiger partial charge in [-0.2, -0.15) is 0 Å². The first-order chi connectivity index (χ1) is 12.7. The topological polar surface area (TPSA) is 47.5 Å². The summed E-state index contributed by atoms with van der Waals surface area (Å²) in [6, 6.07) is 7.02. The molecule has 1 atom stereocenters. The lowest BCUT2D eigenvalue weighted by Gasteiger charge is -2.53. The third-order valence-corrected chi connectivity index (χ3v) is 5.24. The lowest BCUT2D eigenvalue weighted by atomic mass is 9.79. The van der Waals surface area contributed by atoms with E-state index in [1.54, 1.807) is 18.5 Å². The minimum absolute atomic E-state index is 0.0125. The van der Waals surface area contributed by atoms with Gasteiger partial charge in [0.2, 0.25) is 5.88 Å². The van der Waals surface area contributed by atoms with Gasteiger partial charge in [-0.1, -0.05) is 6.07 Å². The van der Waals surface area contributed by atoms with Crippen molar-refractivity contribution in [3.63, 3.8) is 0 Å². The molecule has 2 fully saturated rings. The van der Waals surface area contributed by atoms with Crippen LogP contribution < -0.4 is 4.74 Å². The minimum Gasteiger partial charge on any atom is -0.476 e. The number of pyridine rings is 2. The lowest BCUT2D eigenvalue weighted by Crippen LogP contribution is -2.64. The second-order valence-electron chi connectivity index (χ2n) is 7.32. The second-order valence-corrected chi connectivity index (χ2v) is 7.32. The van der Waals surface area contributed by atoms with Gasteiger partial charge in [-0.25, -0.2) is 9.37 Å². The zero-order chi connectivity index (χ0) is 17.8. The maximum Gasteiger partial charge on any atom is 0.250 e. The molecule has 4 heterocycles. The Balaban J connectivity index is 1.23. The summed E-state index contributed by atoms with van der Waals surface area (Å²) in [5.74, 6) is 0.248. The molecule has 0 unspecified atom stereocenters. The highest BCUT2D eigenvalue weighted by molar-refractivity contribution is 5.13. The van der Waals surface area contributed by atoms with Gasteiger partial charge in [-0.15, -0.1) is 0 Å². The SMILES string of the molecule is Fc1cccnc1OCC[C@H]1CCOC2(C1)CN(Cc1cccnc1)C2. The molecule has 1 spiro atoms. The fourth-order valence-corrected chi connectivity index (χ4v) is 4.03. The van der Waals surface area contributed by atoms with E-state index < -0.39 is 5.82 Å². The molecule has 0 amide bonds. The van der Waals surface area contributed by atoms with Gasteiger partial charge in [0.05, 0.1) is 12.2 Å². The average Bonchev–Trinajstić information content (AvgIpc) is 2.63. The summed E-state index contributed by atoms with van der Waals surface area (Å²) in [7, 11) is 0. The molecule has 0 N–H and O–H groups in total. The van der Waals surface area contributed by atoms with E-state index >= 15 is 0 Å². The number of likely N-dealkylation sites (tertiary alicyclic amines) is 1. The number of hydrogen-bond donors (Lipinski definition) is 0. The maximum absolute atomic E-state index is 13.5. The predicted molar refractivity (Wildman–Crippen MR) is 95.2 cm³/mol. The molecule has 2 aromatic rings. The Hall–Kier alpha value is -2.05. The van der Waals surface area contributed by atoms with Gasteiger partial charge in [-0.3, -0.25) is 9.88 Å². The first-order valence-electron chi connectivity index (χ1n) is 9.21. The monoisotopic (exact) mass is 357 g/mol. The molecule has 0 radical (unpaired) electrons. The molecule has 6 heteroatoms. The zero-order valence-electron chi connectivity index (χ0n) is 14.8. The van der Waals surface area contributed by atoms with Gasteiger partial charge in [-0.05, 0) is 48.9 Å². The summed E-state index contributed by atoms with van der Waals surface area (Å²) >= 11 is 0. The Kier molecular flexibility index (Phi) is 5.13. The van der Waals surface area contributed by atoms with E-state index in [-0.39, 0.29) is 11.5 Å². The minimum atomic E-state index is -0.402. The molecule has 2 aliphatic heterocycles. The molecule has 0 aliphatic carbocycles. The van der Waals surface area contributed by atoms with Crippen LogP contribution in [-0.2, 0) is 11.3 Å². The molecule has 2 saturated heterocycles. The Morgan fingerprint density at radius 2 is 2.15 bits per heavy atom. The van der Waals surface area contributed by atoms with E-state index in [1.807, 2.05) is 12.3 Å². The number of hydrogen-bond acceptors (Lipinski definition) is 5. The Morgan fingerprint density at radius 1 is 1.27 bits per heavy atom. The van der Waals surface area contributed by atoms with Gasteiger partial charge in [0, 0.05) is 44.8 Å². The molecule has 138 valence electrons. The van der Waals surface area contributed by atoms with E-state index in [0.717, 1.165) is 45.5 Å². The van der Waals surface area contributed by atoms with E-state index in [4.69, 9.17) is 9.47 Å². The summed E-state index contributed by atoms with van der Waals surface area (Å²) in [6.07, 6.45) is 8.26. The van der Waals surface area contributed by atoms with Crippen LogP contribution in [0.1, 0.15) is 24.8 Å². The van der Waals surface area contributed by atoms with Crippen LogP contribution in [0.3, 0.4) is 0 Å². The number of ether oxygens (including phenoxy) is 2. The van der Waals surface area contributed by atoms with Crippen molar-refractivity contribution < 1.29 is 13.9 Å². The Bertz CT molecular complexity index is 722. The third kappa shape index (κ3) is 4.02. The molecule has 2 aromatic heterocycles. The van der Waals surface area contributed by atoms with Crippen LogP contribution in [0, 0.1) is 11.7 Å². The highest BCUT2D eigenvalue weighted by Crippen LogP contribution is 2.38. The normalized spacial score (nSPS) is 22.1. The van der Waals surface area contributed by atoms with Crippen LogP contribution in [0.15, 0.2) is 42.9 Å². The highest BCUT2D eigenvalue weighted by Gasteiger charge is 2.47. The lowest BCUT2D eigenvalue weighted by molar-refractivity contribution is -0.182. The quantitative estimate of drug-likeness (QED) is 0.795. The molecule has 26 heavy (non-hydrogen) atoms. The molecule has 0 aromatic carbocycles. The van der Waals surface area contributed by atoms with Crippen molar-refractivity contribution in [1.29, 1.82) is 0 Å². The van der Waals surface area contributed by atoms with Crippen molar-refractivity contribution in [2.24, 2.45) is 5.92 Å². The van der Waals surface area contributed by atoms with Crippen molar-refractivity contribution in [2.45, 2.75) is 31.4 Å². The summed E-state index contributed by atoms with van der Waals surface area (Å²) in [5, 5.41) is 0. The predicted octanol–water partition coefficient (Wildman–Crippen LogP) is 3.07.